The summed E-state index contributed by atoms with van der Waals surface area (Å²) in [6.45, 7) is 5.38. The molecule has 1 heterocycles. The SMILES string of the molecule is CCSC1CCCC(NC(=O)[C@H]2CCN[C@@H](C)C2)C1. The van der Waals surface area contributed by atoms with E-state index in [1.807, 2.05) is 0 Å². The number of nitrogens with one attached hydrogen (secondary N) is 2. The second-order valence-electron chi connectivity index (χ2n) is 6.03. The minimum absolute atomic E-state index is 0.232. The third kappa shape index (κ3) is 4.67. The summed E-state index contributed by atoms with van der Waals surface area (Å²) in [5.74, 6) is 1.73. The Hall–Kier alpha value is -0.220. The molecule has 0 spiro atoms. The molecule has 4 atom stereocenters. The number of hydrogen-bond acceptors (Lipinski definition) is 3. The molecular formula is C15H28N2OS. The number of rotatable bonds is 4. The fourth-order valence-electron chi connectivity index (χ4n) is 3.35. The molecule has 2 N–H and O–H groups in total. The molecule has 1 saturated carbocycles. The molecule has 0 aromatic carbocycles. The zero-order valence-corrected chi connectivity index (χ0v) is 13.1. The van der Waals surface area contributed by atoms with Gasteiger partial charge in [-0.15, -0.1) is 0 Å². The topological polar surface area (TPSA) is 41.1 Å². The Balaban J connectivity index is 1.77. The highest BCUT2D eigenvalue weighted by molar-refractivity contribution is 7.99. The molecule has 1 saturated heterocycles. The van der Waals surface area contributed by atoms with E-state index >= 15 is 0 Å². The maximum absolute atomic E-state index is 12.3. The Morgan fingerprint density at radius 2 is 2.16 bits per heavy atom. The molecule has 1 amide bonds. The van der Waals surface area contributed by atoms with Crippen LogP contribution in [0.15, 0.2) is 0 Å². The monoisotopic (exact) mass is 284 g/mol. The van der Waals surface area contributed by atoms with Crippen molar-refractivity contribution in [1.82, 2.24) is 10.6 Å². The van der Waals surface area contributed by atoms with Gasteiger partial charge in [0.1, 0.15) is 0 Å². The summed E-state index contributed by atoms with van der Waals surface area (Å²) >= 11 is 2.06. The van der Waals surface area contributed by atoms with Crippen molar-refractivity contribution in [2.45, 2.75) is 69.7 Å². The molecule has 1 aliphatic carbocycles. The van der Waals surface area contributed by atoms with Gasteiger partial charge in [-0.2, -0.15) is 11.8 Å². The van der Waals surface area contributed by atoms with E-state index in [0.717, 1.165) is 24.6 Å². The van der Waals surface area contributed by atoms with Crippen LogP contribution in [-0.4, -0.2) is 35.5 Å². The number of hydrogen-bond donors (Lipinski definition) is 2. The molecule has 2 rings (SSSR count). The Labute approximate surface area is 121 Å². The summed E-state index contributed by atoms with van der Waals surface area (Å²) in [7, 11) is 0. The van der Waals surface area contributed by atoms with Crippen LogP contribution in [0.1, 0.15) is 52.4 Å². The number of amides is 1. The Kier molecular flexibility index (Phi) is 6.02. The summed E-state index contributed by atoms with van der Waals surface area (Å²) < 4.78 is 0. The van der Waals surface area contributed by atoms with E-state index in [1.165, 1.54) is 31.4 Å². The number of carbonyl (C=O) groups excluding carboxylic acids is 1. The standard InChI is InChI=1S/C15H28N2OS/c1-3-19-14-6-4-5-13(10-14)17-15(18)12-7-8-16-11(2)9-12/h11-14,16H,3-10H2,1-2H3,(H,17,18)/t11-,12-,13?,14?/m0/s1. The second-order valence-corrected chi connectivity index (χ2v) is 7.60. The molecular weight excluding hydrogens is 256 g/mol. The first-order chi connectivity index (χ1) is 9.19. The molecule has 4 heteroatoms. The van der Waals surface area contributed by atoms with E-state index in [2.05, 4.69) is 36.2 Å². The smallest absolute Gasteiger partial charge is 0.223 e. The predicted molar refractivity (Wildman–Crippen MR) is 82.5 cm³/mol. The van der Waals surface area contributed by atoms with Crippen LogP contribution in [0, 0.1) is 5.92 Å². The third-order valence-corrected chi connectivity index (χ3v) is 5.60. The highest BCUT2D eigenvalue weighted by Crippen LogP contribution is 2.29. The van der Waals surface area contributed by atoms with Gasteiger partial charge in [0.05, 0.1) is 0 Å². The Bertz CT molecular complexity index is 296. The zero-order chi connectivity index (χ0) is 13.7. The molecule has 19 heavy (non-hydrogen) atoms. The lowest BCUT2D eigenvalue weighted by Gasteiger charge is -2.32. The van der Waals surface area contributed by atoms with Gasteiger partial charge in [0.25, 0.3) is 0 Å². The number of thioether (sulfide) groups is 1. The molecule has 3 nitrogen and oxygen atoms in total. The van der Waals surface area contributed by atoms with E-state index in [1.54, 1.807) is 0 Å². The predicted octanol–water partition coefficient (Wildman–Crippen LogP) is 2.56. The average Bonchev–Trinajstić information content (AvgIpc) is 2.39. The van der Waals surface area contributed by atoms with Crippen molar-refractivity contribution in [3.63, 3.8) is 0 Å². The van der Waals surface area contributed by atoms with Crippen molar-refractivity contribution in [1.29, 1.82) is 0 Å². The van der Waals surface area contributed by atoms with E-state index in [9.17, 15) is 4.79 Å². The van der Waals surface area contributed by atoms with Crippen molar-refractivity contribution < 1.29 is 4.79 Å². The van der Waals surface area contributed by atoms with Gasteiger partial charge in [-0.05, 0) is 51.3 Å². The minimum atomic E-state index is 0.232. The molecule has 0 radical (unpaired) electrons. The summed E-state index contributed by atoms with van der Waals surface area (Å²) in [4.78, 5) is 12.3. The van der Waals surface area contributed by atoms with Crippen LogP contribution in [0.5, 0.6) is 0 Å². The quantitative estimate of drug-likeness (QED) is 0.833. The van der Waals surface area contributed by atoms with Crippen molar-refractivity contribution in [3.8, 4) is 0 Å². The maximum atomic E-state index is 12.3. The highest BCUT2D eigenvalue weighted by Gasteiger charge is 2.28. The van der Waals surface area contributed by atoms with Crippen molar-refractivity contribution in [3.05, 3.63) is 0 Å². The van der Waals surface area contributed by atoms with Gasteiger partial charge in [0.15, 0.2) is 0 Å². The molecule has 2 fully saturated rings. The van der Waals surface area contributed by atoms with Gasteiger partial charge in [0.2, 0.25) is 5.91 Å². The molecule has 2 aliphatic rings. The summed E-state index contributed by atoms with van der Waals surface area (Å²) in [5.41, 5.74) is 0. The van der Waals surface area contributed by atoms with Gasteiger partial charge < -0.3 is 10.6 Å². The van der Waals surface area contributed by atoms with E-state index in [0.29, 0.717) is 18.0 Å². The average molecular weight is 284 g/mol. The largest absolute Gasteiger partial charge is 0.353 e. The summed E-state index contributed by atoms with van der Waals surface area (Å²) in [6, 6.07) is 0.912. The van der Waals surface area contributed by atoms with Crippen LogP contribution in [-0.2, 0) is 4.79 Å². The minimum Gasteiger partial charge on any atom is -0.353 e. The van der Waals surface area contributed by atoms with Crippen molar-refractivity contribution in [2.75, 3.05) is 12.3 Å². The van der Waals surface area contributed by atoms with Crippen LogP contribution < -0.4 is 10.6 Å². The van der Waals surface area contributed by atoms with Crippen LogP contribution in [0.3, 0.4) is 0 Å². The van der Waals surface area contributed by atoms with Crippen LogP contribution in [0.25, 0.3) is 0 Å². The number of piperidine rings is 1. The fourth-order valence-corrected chi connectivity index (χ4v) is 4.53. The molecule has 0 aromatic rings. The zero-order valence-electron chi connectivity index (χ0n) is 12.3. The molecule has 2 unspecified atom stereocenters. The van der Waals surface area contributed by atoms with Crippen LogP contribution in [0.2, 0.25) is 0 Å². The summed E-state index contributed by atoms with van der Waals surface area (Å²) in [6.07, 6.45) is 6.93. The van der Waals surface area contributed by atoms with Crippen molar-refractivity contribution >= 4 is 17.7 Å². The maximum Gasteiger partial charge on any atom is 0.223 e. The second kappa shape index (κ2) is 7.53. The van der Waals surface area contributed by atoms with Gasteiger partial charge in [0, 0.05) is 23.3 Å². The normalized spacial score (nSPS) is 35.9. The van der Waals surface area contributed by atoms with Gasteiger partial charge in [-0.1, -0.05) is 13.3 Å². The molecule has 1 aliphatic heterocycles. The molecule has 0 bridgehead atoms. The van der Waals surface area contributed by atoms with E-state index in [-0.39, 0.29) is 5.92 Å². The Morgan fingerprint density at radius 1 is 1.32 bits per heavy atom. The first-order valence-electron chi connectivity index (χ1n) is 7.84. The lowest BCUT2D eigenvalue weighted by atomic mass is 9.90. The lowest BCUT2D eigenvalue weighted by molar-refractivity contribution is -0.127. The van der Waals surface area contributed by atoms with Crippen LogP contribution >= 0.6 is 11.8 Å². The number of carbonyl (C=O) groups is 1. The van der Waals surface area contributed by atoms with Crippen molar-refractivity contribution in [2.24, 2.45) is 5.92 Å². The van der Waals surface area contributed by atoms with Gasteiger partial charge >= 0.3 is 0 Å². The van der Waals surface area contributed by atoms with Gasteiger partial charge in [-0.25, -0.2) is 0 Å². The third-order valence-electron chi connectivity index (χ3n) is 4.37. The molecule has 110 valence electrons. The molecule has 0 aromatic heterocycles. The van der Waals surface area contributed by atoms with Crippen LogP contribution in [0.4, 0.5) is 0 Å². The highest BCUT2D eigenvalue weighted by atomic mass is 32.2. The lowest BCUT2D eigenvalue weighted by Crippen LogP contribution is -2.46. The summed E-state index contributed by atoms with van der Waals surface area (Å²) in [5, 5.41) is 7.49. The first kappa shape index (κ1) is 15.2. The van der Waals surface area contributed by atoms with E-state index < -0.39 is 0 Å². The fraction of sp³-hybridized carbons (Fsp3) is 0.933. The Morgan fingerprint density at radius 3 is 2.89 bits per heavy atom. The van der Waals surface area contributed by atoms with E-state index in [4.69, 9.17) is 0 Å². The van der Waals surface area contributed by atoms with Gasteiger partial charge in [-0.3, -0.25) is 4.79 Å². The first-order valence-corrected chi connectivity index (χ1v) is 8.89.